The van der Waals surface area contributed by atoms with Crippen molar-refractivity contribution in [3.63, 3.8) is 0 Å². The molecule has 1 heterocycles. The average molecular weight is 357 g/mol. The molecule has 0 amide bonds. The monoisotopic (exact) mass is 356 g/mol. The maximum Gasteiger partial charge on any atom is 0.167 e. The van der Waals surface area contributed by atoms with E-state index in [1.807, 2.05) is 0 Å². The van der Waals surface area contributed by atoms with Gasteiger partial charge in [0.25, 0.3) is 0 Å². The topological polar surface area (TPSA) is 27.7 Å². The highest BCUT2D eigenvalue weighted by Crippen LogP contribution is 2.36. The summed E-state index contributed by atoms with van der Waals surface area (Å²) in [6.07, 6.45) is 0. The van der Waals surface area contributed by atoms with Gasteiger partial charge in [-0.05, 0) is 24.3 Å². The largest absolute Gasteiger partial charge is 0.486 e. The molecule has 6 heteroatoms. The molecule has 110 valence electrons. The van der Waals surface area contributed by atoms with Gasteiger partial charge in [0, 0.05) is 16.1 Å². The first-order valence-corrected chi connectivity index (χ1v) is 7.08. The van der Waals surface area contributed by atoms with Crippen LogP contribution in [0.25, 0.3) is 0 Å². The van der Waals surface area contributed by atoms with Crippen molar-refractivity contribution in [3.8, 4) is 17.2 Å². The molecule has 0 aliphatic carbocycles. The van der Waals surface area contributed by atoms with Crippen molar-refractivity contribution in [1.29, 1.82) is 0 Å². The van der Waals surface area contributed by atoms with Crippen LogP contribution in [0, 0.1) is 11.6 Å². The molecule has 1 aliphatic rings. The van der Waals surface area contributed by atoms with Crippen LogP contribution >= 0.6 is 15.9 Å². The molecule has 0 N–H and O–H groups in total. The Hall–Kier alpha value is -1.82. The van der Waals surface area contributed by atoms with E-state index in [9.17, 15) is 8.78 Å². The van der Waals surface area contributed by atoms with Crippen molar-refractivity contribution in [2.45, 2.75) is 6.61 Å². The summed E-state index contributed by atoms with van der Waals surface area (Å²) >= 11 is 3.41. The number of hydrogen-bond acceptors (Lipinski definition) is 3. The van der Waals surface area contributed by atoms with Gasteiger partial charge in [-0.25, -0.2) is 8.78 Å². The van der Waals surface area contributed by atoms with Crippen LogP contribution in [0.2, 0.25) is 0 Å². The Balaban J connectivity index is 1.78. The van der Waals surface area contributed by atoms with Crippen LogP contribution < -0.4 is 14.2 Å². The normalized spacial score (nSPS) is 13.1. The number of fused-ring (bicyclic) bond motifs is 1. The molecular weight excluding hydrogens is 346 g/mol. The molecule has 3 nitrogen and oxygen atoms in total. The molecule has 0 saturated heterocycles. The summed E-state index contributed by atoms with van der Waals surface area (Å²) in [6, 6.07) is 6.76. The van der Waals surface area contributed by atoms with E-state index in [0.717, 1.165) is 22.2 Å². The SMILES string of the molecule is Fc1ccc(OCc2cc3c(cc2Br)OCCO3)c(F)c1. The number of benzene rings is 2. The molecule has 0 fully saturated rings. The zero-order valence-corrected chi connectivity index (χ0v) is 12.5. The van der Waals surface area contributed by atoms with Gasteiger partial charge in [0.05, 0.1) is 0 Å². The van der Waals surface area contributed by atoms with Gasteiger partial charge < -0.3 is 14.2 Å². The molecule has 0 unspecified atom stereocenters. The van der Waals surface area contributed by atoms with Gasteiger partial charge in [-0.3, -0.25) is 0 Å². The third-order valence-corrected chi connectivity index (χ3v) is 3.73. The molecule has 2 aromatic rings. The second kappa shape index (κ2) is 5.89. The second-order valence-corrected chi connectivity index (χ2v) is 5.31. The standard InChI is InChI=1S/C15H11BrF2O3/c16-11-7-15-14(19-3-4-20-15)5-9(11)8-21-13-2-1-10(17)6-12(13)18/h1-2,5-7H,3-4,8H2. The molecule has 0 atom stereocenters. The fourth-order valence-electron chi connectivity index (χ4n) is 1.96. The van der Waals surface area contributed by atoms with Crippen molar-refractivity contribution >= 4 is 15.9 Å². The van der Waals surface area contributed by atoms with Crippen LogP contribution in [0.1, 0.15) is 5.56 Å². The lowest BCUT2D eigenvalue weighted by molar-refractivity contribution is 0.170. The van der Waals surface area contributed by atoms with E-state index in [2.05, 4.69) is 15.9 Å². The smallest absolute Gasteiger partial charge is 0.167 e. The minimum atomic E-state index is -0.733. The highest BCUT2D eigenvalue weighted by molar-refractivity contribution is 9.10. The van der Waals surface area contributed by atoms with Crippen LogP contribution in [-0.4, -0.2) is 13.2 Å². The van der Waals surface area contributed by atoms with Gasteiger partial charge in [-0.2, -0.15) is 0 Å². The van der Waals surface area contributed by atoms with E-state index in [4.69, 9.17) is 14.2 Å². The minimum Gasteiger partial charge on any atom is -0.486 e. The maximum atomic E-state index is 13.5. The minimum absolute atomic E-state index is 0.00168. The number of halogens is 3. The lowest BCUT2D eigenvalue weighted by Crippen LogP contribution is -2.15. The van der Waals surface area contributed by atoms with Crippen molar-refractivity contribution in [2.75, 3.05) is 13.2 Å². The summed E-state index contributed by atoms with van der Waals surface area (Å²) in [7, 11) is 0. The Bertz CT molecular complexity index is 676. The summed E-state index contributed by atoms with van der Waals surface area (Å²) in [4.78, 5) is 0. The van der Waals surface area contributed by atoms with E-state index >= 15 is 0 Å². The molecule has 1 aliphatic heterocycles. The van der Waals surface area contributed by atoms with Gasteiger partial charge in [-0.1, -0.05) is 15.9 Å². The Morgan fingerprint density at radius 2 is 1.76 bits per heavy atom. The van der Waals surface area contributed by atoms with Crippen LogP contribution in [0.5, 0.6) is 17.2 Å². The van der Waals surface area contributed by atoms with Crippen LogP contribution in [0.4, 0.5) is 8.78 Å². The highest BCUT2D eigenvalue weighted by Gasteiger charge is 2.15. The van der Waals surface area contributed by atoms with Gasteiger partial charge in [0.2, 0.25) is 0 Å². The van der Waals surface area contributed by atoms with Crippen LogP contribution in [0.3, 0.4) is 0 Å². The molecule has 2 aromatic carbocycles. The highest BCUT2D eigenvalue weighted by atomic mass is 79.9. The average Bonchev–Trinajstić information content (AvgIpc) is 2.46. The molecule has 0 aromatic heterocycles. The van der Waals surface area contributed by atoms with E-state index in [0.29, 0.717) is 24.7 Å². The molecule has 3 rings (SSSR count). The molecule has 21 heavy (non-hydrogen) atoms. The first kappa shape index (κ1) is 14.1. The summed E-state index contributed by atoms with van der Waals surface area (Å²) < 4.78 is 43.4. The Kier molecular flexibility index (Phi) is 3.96. The van der Waals surface area contributed by atoms with Crippen molar-refractivity contribution in [2.24, 2.45) is 0 Å². The van der Waals surface area contributed by atoms with E-state index in [-0.39, 0.29) is 12.4 Å². The Morgan fingerprint density at radius 1 is 1.05 bits per heavy atom. The van der Waals surface area contributed by atoms with Crippen LogP contribution in [-0.2, 0) is 6.61 Å². The summed E-state index contributed by atoms with van der Waals surface area (Å²) in [6.45, 7) is 1.12. The third kappa shape index (κ3) is 3.10. The summed E-state index contributed by atoms with van der Waals surface area (Å²) in [5, 5.41) is 0. The predicted molar refractivity (Wildman–Crippen MR) is 75.8 cm³/mol. The van der Waals surface area contributed by atoms with E-state index in [1.165, 1.54) is 6.07 Å². The van der Waals surface area contributed by atoms with Gasteiger partial charge in [0.1, 0.15) is 25.6 Å². The summed E-state index contributed by atoms with van der Waals surface area (Å²) in [5.41, 5.74) is 0.781. The molecule has 0 saturated carbocycles. The van der Waals surface area contributed by atoms with Gasteiger partial charge >= 0.3 is 0 Å². The maximum absolute atomic E-state index is 13.5. The number of rotatable bonds is 3. The lowest BCUT2D eigenvalue weighted by Gasteiger charge is -2.20. The Morgan fingerprint density at radius 3 is 2.48 bits per heavy atom. The zero-order chi connectivity index (χ0) is 14.8. The van der Waals surface area contributed by atoms with Gasteiger partial charge in [0.15, 0.2) is 23.1 Å². The predicted octanol–water partition coefficient (Wildman–Crippen LogP) is 4.08. The lowest BCUT2D eigenvalue weighted by atomic mass is 10.2. The molecule has 0 spiro atoms. The van der Waals surface area contributed by atoms with E-state index in [1.54, 1.807) is 12.1 Å². The van der Waals surface area contributed by atoms with Crippen molar-refractivity contribution in [1.82, 2.24) is 0 Å². The Labute approximate surface area is 128 Å². The number of ether oxygens (including phenoxy) is 3. The van der Waals surface area contributed by atoms with E-state index < -0.39 is 11.6 Å². The zero-order valence-electron chi connectivity index (χ0n) is 10.9. The quantitative estimate of drug-likeness (QED) is 0.829. The van der Waals surface area contributed by atoms with Crippen molar-refractivity contribution < 1.29 is 23.0 Å². The fourth-order valence-corrected chi connectivity index (χ4v) is 2.40. The first-order chi connectivity index (χ1) is 10.1. The summed E-state index contributed by atoms with van der Waals surface area (Å²) in [5.74, 6) is -0.0883. The van der Waals surface area contributed by atoms with Crippen molar-refractivity contribution in [3.05, 3.63) is 52.0 Å². The molecular formula is C15H11BrF2O3. The fraction of sp³-hybridized carbons (Fsp3) is 0.200. The van der Waals surface area contributed by atoms with Crippen LogP contribution in [0.15, 0.2) is 34.8 Å². The number of hydrogen-bond donors (Lipinski definition) is 0. The third-order valence-electron chi connectivity index (χ3n) is 2.99. The first-order valence-electron chi connectivity index (χ1n) is 6.29. The second-order valence-electron chi connectivity index (χ2n) is 4.45. The molecule has 0 radical (unpaired) electrons. The van der Waals surface area contributed by atoms with Gasteiger partial charge in [-0.15, -0.1) is 0 Å². The molecule has 0 bridgehead atoms.